The third kappa shape index (κ3) is 6.64. The van der Waals surface area contributed by atoms with E-state index in [2.05, 4.69) is 35.8 Å². The van der Waals surface area contributed by atoms with Crippen molar-refractivity contribution in [3.63, 3.8) is 0 Å². The van der Waals surface area contributed by atoms with E-state index in [9.17, 15) is 0 Å². The topological polar surface area (TPSA) is 91.9 Å². The molecule has 0 aliphatic carbocycles. The Morgan fingerprint density at radius 2 is 1.97 bits per heavy atom. The number of anilines is 1. The normalized spacial score (nSPS) is 10.5. The second-order valence-corrected chi connectivity index (χ2v) is 8.67. The summed E-state index contributed by atoms with van der Waals surface area (Å²) in [5, 5.41) is 12.9. The number of hydrogen-bond acceptors (Lipinski definition) is 6. The molecule has 0 saturated heterocycles. The fourth-order valence-electron chi connectivity index (χ4n) is 3.74. The van der Waals surface area contributed by atoms with Gasteiger partial charge >= 0.3 is 0 Å². The van der Waals surface area contributed by atoms with Crippen LogP contribution in [0.15, 0.2) is 73.3 Å². The number of methoxy groups -OCH3 is 1. The molecule has 3 heterocycles. The average molecular weight is 498 g/mol. The fraction of sp³-hybridized carbons (Fsp3) is 0.222. The minimum atomic E-state index is 0.544. The summed E-state index contributed by atoms with van der Waals surface area (Å²) in [6.45, 7) is 3.90. The molecule has 182 valence electrons. The highest BCUT2D eigenvalue weighted by molar-refractivity contribution is 7.80. The number of thiocarbonyl (C=S) groups is 1. The Morgan fingerprint density at radius 3 is 2.67 bits per heavy atom. The van der Waals surface area contributed by atoms with E-state index in [1.54, 1.807) is 19.4 Å². The largest absolute Gasteiger partial charge is 0.481 e. The first-order valence-electron chi connectivity index (χ1n) is 11.5. The minimum absolute atomic E-state index is 0.544. The maximum atomic E-state index is 9.03. The van der Waals surface area contributed by atoms with Crippen LogP contribution in [0.1, 0.15) is 28.2 Å². The first-order chi connectivity index (χ1) is 17.5. The number of nitrogens with zero attached hydrogens (tertiary/aromatic N) is 6. The average Bonchev–Trinajstić information content (AvgIpc) is 3.34. The Morgan fingerprint density at radius 1 is 1.14 bits per heavy atom. The van der Waals surface area contributed by atoms with Crippen molar-refractivity contribution in [1.29, 1.82) is 5.26 Å². The molecule has 36 heavy (non-hydrogen) atoms. The molecule has 0 bridgehead atoms. The molecule has 0 atom stereocenters. The van der Waals surface area contributed by atoms with E-state index in [1.165, 1.54) is 0 Å². The Hall–Kier alpha value is -4.29. The lowest BCUT2D eigenvalue weighted by Gasteiger charge is -2.26. The quantitative estimate of drug-likeness (QED) is 0.341. The highest BCUT2D eigenvalue weighted by Gasteiger charge is 2.14. The van der Waals surface area contributed by atoms with Crippen LogP contribution in [0.4, 0.5) is 5.69 Å². The second kappa shape index (κ2) is 11.9. The SMILES string of the molecule is COc1ccc(NC(=S)N(CCc2cncn2Cc2ccc(C#N)cc2)Cc2cccc(C)n2)cn1. The predicted octanol–water partition coefficient (Wildman–Crippen LogP) is 4.35. The fourth-order valence-corrected chi connectivity index (χ4v) is 4.02. The number of nitriles is 1. The molecule has 8 nitrogen and oxygen atoms in total. The molecule has 1 aromatic carbocycles. The van der Waals surface area contributed by atoms with Gasteiger partial charge in [-0.2, -0.15) is 5.26 Å². The van der Waals surface area contributed by atoms with Gasteiger partial charge in [-0.15, -0.1) is 0 Å². The number of imidazole rings is 1. The van der Waals surface area contributed by atoms with Gasteiger partial charge in [-0.3, -0.25) is 4.98 Å². The van der Waals surface area contributed by atoms with Crippen LogP contribution in [0.5, 0.6) is 5.88 Å². The van der Waals surface area contributed by atoms with Crippen molar-refractivity contribution in [2.75, 3.05) is 19.0 Å². The van der Waals surface area contributed by atoms with Crippen LogP contribution >= 0.6 is 12.2 Å². The van der Waals surface area contributed by atoms with Gasteiger partial charge < -0.3 is 19.5 Å². The smallest absolute Gasteiger partial charge is 0.213 e. The number of ether oxygens (including phenoxy) is 1. The monoisotopic (exact) mass is 497 g/mol. The third-order valence-electron chi connectivity index (χ3n) is 5.66. The predicted molar refractivity (Wildman–Crippen MR) is 143 cm³/mol. The lowest BCUT2D eigenvalue weighted by Crippen LogP contribution is -2.36. The highest BCUT2D eigenvalue weighted by Crippen LogP contribution is 2.15. The molecule has 0 aliphatic heterocycles. The van der Waals surface area contributed by atoms with E-state index < -0.39 is 0 Å². The highest BCUT2D eigenvalue weighted by atomic mass is 32.1. The minimum Gasteiger partial charge on any atom is -0.481 e. The van der Waals surface area contributed by atoms with Gasteiger partial charge in [0, 0.05) is 43.2 Å². The maximum absolute atomic E-state index is 9.03. The van der Waals surface area contributed by atoms with Crippen LogP contribution in [0.25, 0.3) is 0 Å². The summed E-state index contributed by atoms with van der Waals surface area (Å²) in [5.74, 6) is 0.544. The first-order valence-corrected chi connectivity index (χ1v) is 11.9. The third-order valence-corrected chi connectivity index (χ3v) is 6.02. The Bertz CT molecular complexity index is 1340. The molecule has 0 unspecified atom stereocenters. The number of nitrogens with one attached hydrogen (secondary N) is 1. The van der Waals surface area contributed by atoms with Crippen molar-refractivity contribution in [3.05, 3.63) is 102 Å². The summed E-state index contributed by atoms with van der Waals surface area (Å²) in [6, 6.07) is 19.4. The zero-order chi connectivity index (χ0) is 25.3. The number of benzene rings is 1. The molecule has 4 aromatic rings. The molecule has 0 amide bonds. The molecule has 9 heteroatoms. The molecule has 0 spiro atoms. The Balaban J connectivity index is 1.47. The van der Waals surface area contributed by atoms with E-state index >= 15 is 0 Å². The van der Waals surface area contributed by atoms with Gasteiger partial charge in [0.05, 0.1) is 49.2 Å². The van der Waals surface area contributed by atoms with E-state index in [-0.39, 0.29) is 0 Å². The summed E-state index contributed by atoms with van der Waals surface area (Å²) >= 11 is 5.79. The van der Waals surface area contributed by atoms with Crippen LogP contribution in [-0.4, -0.2) is 43.2 Å². The second-order valence-electron chi connectivity index (χ2n) is 8.28. The summed E-state index contributed by atoms with van der Waals surface area (Å²) in [4.78, 5) is 15.4. The van der Waals surface area contributed by atoms with E-state index in [4.69, 9.17) is 22.2 Å². The number of hydrogen-bond donors (Lipinski definition) is 1. The summed E-state index contributed by atoms with van der Waals surface area (Å²) in [7, 11) is 1.59. The van der Waals surface area contributed by atoms with Crippen molar-refractivity contribution in [2.45, 2.75) is 26.4 Å². The molecule has 0 radical (unpaired) electrons. The van der Waals surface area contributed by atoms with Crippen LogP contribution in [0, 0.1) is 18.3 Å². The maximum Gasteiger partial charge on any atom is 0.213 e. The van der Waals surface area contributed by atoms with Crippen molar-refractivity contribution in [2.24, 2.45) is 0 Å². The summed E-state index contributed by atoms with van der Waals surface area (Å²) < 4.78 is 7.26. The van der Waals surface area contributed by atoms with E-state index in [0.717, 1.165) is 34.8 Å². The van der Waals surface area contributed by atoms with Crippen molar-refractivity contribution in [1.82, 2.24) is 24.4 Å². The van der Waals surface area contributed by atoms with Gasteiger partial charge in [-0.05, 0) is 55.0 Å². The standard InChI is InChI=1S/C27H27N7OS/c1-20-4-3-5-24(31-20)18-33(27(36)32-23-10-11-26(35-2)30-15-23)13-12-25-16-29-19-34(25)17-22-8-6-21(14-28)7-9-22/h3-11,15-16,19H,12-13,17-18H2,1-2H3,(H,32,36). The van der Waals surface area contributed by atoms with E-state index in [0.29, 0.717) is 36.2 Å². The molecule has 4 rings (SSSR count). The Labute approximate surface area is 216 Å². The van der Waals surface area contributed by atoms with Gasteiger partial charge in [0.2, 0.25) is 5.88 Å². The van der Waals surface area contributed by atoms with Crippen LogP contribution < -0.4 is 10.1 Å². The molecule has 1 N–H and O–H groups in total. The van der Waals surface area contributed by atoms with Crippen LogP contribution in [-0.2, 0) is 19.5 Å². The van der Waals surface area contributed by atoms with E-state index in [1.807, 2.05) is 68.0 Å². The van der Waals surface area contributed by atoms with Crippen LogP contribution in [0.3, 0.4) is 0 Å². The van der Waals surface area contributed by atoms with Crippen molar-refractivity contribution < 1.29 is 4.74 Å². The number of aromatic nitrogens is 4. The van der Waals surface area contributed by atoms with Gasteiger partial charge in [0.15, 0.2) is 5.11 Å². The number of aryl methyl sites for hydroxylation is 1. The number of rotatable bonds is 9. The zero-order valence-electron chi connectivity index (χ0n) is 20.3. The molecule has 0 saturated carbocycles. The van der Waals surface area contributed by atoms with Crippen molar-refractivity contribution in [3.8, 4) is 11.9 Å². The molecule has 0 fully saturated rings. The molecule has 0 aliphatic rings. The summed E-state index contributed by atoms with van der Waals surface area (Å²) in [6.07, 6.45) is 6.15. The van der Waals surface area contributed by atoms with Crippen molar-refractivity contribution >= 4 is 23.0 Å². The lowest BCUT2D eigenvalue weighted by molar-refractivity contribution is 0.398. The lowest BCUT2D eigenvalue weighted by atomic mass is 10.1. The van der Waals surface area contributed by atoms with Gasteiger partial charge in [-0.25, -0.2) is 9.97 Å². The molecule has 3 aromatic heterocycles. The van der Waals surface area contributed by atoms with Gasteiger partial charge in [0.25, 0.3) is 0 Å². The van der Waals surface area contributed by atoms with Crippen LogP contribution in [0.2, 0.25) is 0 Å². The molecular weight excluding hydrogens is 470 g/mol. The Kier molecular flexibility index (Phi) is 8.21. The number of pyridine rings is 2. The zero-order valence-corrected chi connectivity index (χ0v) is 21.1. The first kappa shape index (κ1) is 24.8. The summed E-state index contributed by atoms with van der Waals surface area (Å²) in [5.41, 5.74) is 5.55. The van der Waals surface area contributed by atoms with Gasteiger partial charge in [-0.1, -0.05) is 18.2 Å². The van der Waals surface area contributed by atoms with Gasteiger partial charge in [0.1, 0.15) is 0 Å². The molecular formula is C27H27N7OS.